The number of nitrogens with zero attached hydrogens (tertiary/aromatic N) is 1. The molecule has 1 aromatic heterocycles. The van der Waals surface area contributed by atoms with Crippen molar-refractivity contribution in [2.24, 2.45) is 5.92 Å². The fourth-order valence-electron chi connectivity index (χ4n) is 2.90. The summed E-state index contributed by atoms with van der Waals surface area (Å²) in [5.74, 6) is 0.362. The van der Waals surface area contributed by atoms with Crippen LogP contribution >= 0.6 is 0 Å². The molecule has 1 aliphatic rings. The van der Waals surface area contributed by atoms with E-state index < -0.39 is 0 Å². The van der Waals surface area contributed by atoms with Gasteiger partial charge in [-0.3, -0.25) is 4.79 Å². The number of fused-ring (bicyclic) bond motifs is 1. The second kappa shape index (κ2) is 5.01. The van der Waals surface area contributed by atoms with Gasteiger partial charge in [0.05, 0.1) is 23.3 Å². The summed E-state index contributed by atoms with van der Waals surface area (Å²) in [6.45, 7) is 1.89. The van der Waals surface area contributed by atoms with Gasteiger partial charge in [0, 0.05) is 7.05 Å². The van der Waals surface area contributed by atoms with E-state index in [9.17, 15) is 4.79 Å². The van der Waals surface area contributed by atoms with Gasteiger partial charge in [-0.25, -0.2) is 4.98 Å². The summed E-state index contributed by atoms with van der Waals surface area (Å²) < 4.78 is 0. The topological polar surface area (TPSA) is 69.8 Å². The van der Waals surface area contributed by atoms with Gasteiger partial charge in [-0.15, -0.1) is 0 Å². The molecule has 0 radical (unpaired) electrons. The highest BCUT2D eigenvalue weighted by Crippen LogP contribution is 2.30. The smallest absolute Gasteiger partial charge is 0.227 e. The van der Waals surface area contributed by atoms with Crippen LogP contribution in [0.25, 0.3) is 11.0 Å². The number of nitrogens with one attached hydrogen (secondary N) is 3. The number of rotatable bonds is 3. The molecule has 100 valence electrons. The van der Waals surface area contributed by atoms with E-state index in [1.807, 2.05) is 18.2 Å². The molecule has 19 heavy (non-hydrogen) atoms. The van der Waals surface area contributed by atoms with Gasteiger partial charge >= 0.3 is 0 Å². The molecule has 0 spiro atoms. The largest absolute Gasteiger partial charge is 0.359 e. The average Bonchev–Trinajstić information content (AvgIpc) is 3.08. The number of imidazole rings is 1. The van der Waals surface area contributed by atoms with E-state index in [-0.39, 0.29) is 11.8 Å². The Morgan fingerprint density at radius 3 is 3.16 bits per heavy atom. The second-order valence-corrected chi connectivity index (χ2v) is 5.02. The highest BCUT2D eigenvalue weighted by atomic mass is 16.1. The van der Waals surface area contributed by atoms with Crippen LogP contribution in [0.1, 0.15) is 17.9 Å². The van der Waals surface area contributed by atoms with Gasteiger partial charge in [0.15, 0.2) is 0 Å². The molecule has 1 aliphatic heterocycles. The van der Waals surface area contributed by atoms with Crippen molar-refractivity contribution in [2.75, 3.05) is 20.1 Å². The van der Waals surface area contributed by atoms with Gasteiger partial charge in [0.2, 0.25) is 5.91 Å². The summed E-state index contributed by atoms with van der Waals surface area (Å²) in [6, 6.07) is 6.03. The molecule has 0 saturated carbocycles. The number of aromatic nitrogens is 2. The number of H-pyrrole nitrogens is 1. The zero-order valence-electron chi connectivity index (χ0n) is 10.9. The van der Waals surface area contributed by atoms with Gasteiger partial charge < -0.3 is 15.6 Å². The maximum absolute atomic E-state index is 12.2. The van der Waals surface area contributed by atoms with Crippen LogP contribution in [0.15, 0.2) is 24.5 Å². The van der Waals surface area contributed by atoms with Gasteiger partial charge in [-0.1, -0.05) is 6.07 Å². The maximum Gasteiger partial charge on any atom is 0.227 e. The Balaban J connectivity index is 1.99. The SMILES string of the molecule is CNC(=O)C(c1ccc2nc[nH]c2c1)C1CCNC1. The second-order valence-electron chi connectivity index (χ2n) is 5.02. The maximum atomic E-state index is 12.2. The number of amides is 1. The Hall–Kier alpha value is -1.88. The van der Waals surface area contributed by atoms with E-state index in [1.165, 1.54) is 0 Å². The molecular weight excluding hydrogens is 240 g/mol. The van der Waals surface area contributed by atoms with Crippen LogP contribution in [-0.2, 0) is 4.79 Å². The van der Waals surface area contributed by atoms with E-state index in [4.69, 9.17) is 0 Å². The summed E-state index contributed by atoms with van der Waals surface area (Å²) in [5.41, 5.74) is 2.98. The lowest BCUT2D eigenvalue weighted by molar-refractivity contribution is -0.123. The van der Waals surface area contributed by atoms with Crippen molar-refractivity contribution in [2.45, 2.75) is 12.3 Å². The first-order valence-corrected chi connectivity index (χ1v) is 6.65. The molecule has 2 unspecified atom stereocenters. The third kappa shape index (κ3) is 2.21. The molecule has 1 saturated heterocycles. The molecule has 0 aliphatic carbocycles. The third-order valence-electron chi connectivity index (χ3n) is 3.90. The third-order valence-corrected chi connectivity index (χ3v) is 3.90. The first-order chi connectivity index (χ1) is 9.29. The normalized spacial score (nSPS) is 20.6. The van der Waals surface area contributed by atoms with Crippen molar-refractivity contribution in [3.63, 3.8) is 0 Å². The van der Waals surface area contributed by atoms with Crippen molar-refractivity contribution >= 4 is 16.9 Å². The van der Waals surface area contributed by atoms with Crippen LogP contribution in [0.2, 0.25) is 0 Å². The first-order valence-electron chi connectivity index (χ1n) is 6.65. The monoisotopic (exact) mass is 258 g/mol. The number of benzene rings is 1. The fourth-order valence-corrected chi connectivity index (χ4v) is 2.90. The number of likely N-dealkylation sites (N-methyl/N-ethyl adjacent to an activating group) is 1. The summed E-state index contributed by atoms with van der Waals surface area (Å²) in [5, 5.41) is 6.12. The van der Waals surface area contributed by atoms with Crippen molar-refractivity contribution in [1.82, 2.24) is 20.6 Å². The molecule has 5 nitrogen and oxygen atoms in total. The molecule has 2 heterocycles. The van der Waals surface area contributed by atoms with Crippen LogP contribution in [0.4, 0.5) is 0 Å². The molecule has 2 aromatic rings. The summed E-state index contributed by atoms with van der Waals surface area (Å²) in [6.07, 6.45) is 2.72. The zero-order chi connectivity index (χ0) is 13.2. The zero-order valence-corrected chi connectivity index (χ0v) is 10.9. The average molecular weight is 258 g/mol. The molecule has 3 N–H and O–H groups in total. The van der Waals surface area contributed by atoms with Crippen LogP contribution in [0, 0.1) is 5.92 Å². The van der Waals surface area contributed by atoms with E-state index >= 15 is 0 Å². The molecule has 0 bridgehead atoms. The summed E-state index contributed by atoms with van der Waals surface area (Å²) >= 11 is 0. The number of hydrogen-bond acceptors (Lipinski definition) is 3. The molecule has 1 fully saturated rings. The van der Waals surface area contributed by atoms with Crippen LogP contribution in [-0.4, -0.2) is 36.0 Å². The fraction of sp³-hybridized carbons (Fsp3) is 0.429. The number of carbonyl (C=O) groups is 1. The number of aromatic amines is 1. The van der Waals surface area contributed by atoms with Gasteiger partial charge in [0.25, 0.3) is 0 Å². The number of carbonyl (C=O) groups excluding carboxylic acids is 1. The first kappa shape index (κ1) is 12.2. The van der Waals surface area contributed by atoms with E-state index in [2.05, 4.69) is 20.6 Å². The Labute approximate surface area is 111 Å². The van der Waals surface area contributed by atoms with E-state index in [0.717, 1.165) is 36.1 Å². The van der Waals surface area contributed by atoms with E-state index in [1.54, 1.807) is 13.4 Å². The standard InChI is InChI=1S/C14H18N4O/c1-15-14(19)13(10-4-5-16-7-10)9-2-3-11-12(6-9)18-8-17-11/h2-3,6,8,10,13,16H,4-5,7H2,1H3,(H,15,19)(H,17,18). The Morgan fingerprint density at radius 2 is 2.42 bits per heavy atom. The van der Waals surface area contributed by atoms with E-state index in [0.29, 0.717) is 5.92 Å². The molecule has 5 heteroatoms. The minimum Gasteiger partial charge on any atom is -0.359 e. The summed E-state index contributed by atoms with van der Waals surface area (Å²) in [7, 11) is 1.70. The lowest BCUT2D eigenvalue weighted by atomic mass is 9.84. The summed E-state index contributed by atoms with van der Waals surface area (Å²) in [4.78, 5) is 19.5. The lowest BCUT2D eigenvalue weighted by Crippen LogP contribution is -2.32. The molecular formula is C14H18N4O. The van der Waals surface area contributed by atoms with Crippen molar-refractivity contribution in [3.05, 3.63) is 30.1 Å². The Kier molecular flexibility index (Phi) is 3.21. The highest BCUT2D eigenvalue weighted by Gasteiger charge is 2.31. The van der Waals surface area contributed by atoms with Crippen molar-refractivity contribution in [1.29, 1.82) is 0 Å². The molecule has 2 atom stereocenters. The highest BCUT2D eigenvalue weighted by molar-refractivity contribution is 5.85. The Bertz CT molecular complexity index is 586. The van der Waals surface area contributed by atoms with Gasteiger partial charge in [0.1, 0.15) is 0 Å². The van der Waals surface area contributed by atoms with Crippen LogP contribution < -0.4 is 10.6 Å². The lowest BCUT2D eigenvalue weighted by Gasteiger charge is -2.21. The minimum absolute atomic E-state index is 0.0901. The predicted molar refractivity (Wildman–Crippen MR) is 73.9 cm³/mol. The van der Waals surface area contributed by atoms with Gasteiger partial charge in [-0.05, 0) is 43.1 Å². The molecule has 3 rings (SSSR count). The van der Waals surface area contributed by atoms with Crippen LogP contribution in [0.3, 0.4) is 0 Å². The number of hydrogen-bond donors (Lipinski definition) is 3. The van der Waals surface area contributed by atoms with Gasteiger partial charge in [-0.2, -0.15) is 0 Å². The molecule has 1 amide bonds. The van der Waals surface area contributed by atoms with Crippen molar-refractivity contribution < 1.29 is 4.79 Å². The minimum atomic E-state index is -0.0901. The molecule has 1 aromatic carbocycles. The quantitative estimate of drug-likeness (QED) is 0.769. The van der Waals surface area contributed by atoms with Crippen molar-refractivity contribution in [3.8, 4) is 0 Å². The predicted octanol–water partition coefficient (Wildman–Crippen LogP) is 1.00. The Morgan fingerprint density at radius 1 is 1.53 bits per heavy atom. The van der Waals surface area contributed by atoms with Crippen LogP contribution in [0.5, 0.6) is 0 Å².